The van der Waals surface area contributed by atoms with Gasteiger partial charge in [-0.15, -0.1) is 0 Å². The number of aryl methyl sites for hydroxylation is 4. The van der Waals surface area contributed by atoms with Gasteiger partial charge in [0.2, 0.25) is 0 Å². The molecule has 0 spiro atoms. The van der Waals surface area contributed by atoms with Crippen LogP contribution < -0.4 is 9.05 Å². The van der Waals surface area contributed by atoms with E-state index in [1.54, 1.807) is 0 Å². The molecule has 0 amide bonds. The zero-order valence-corrected chi connectivity index (χ0v) is 58.5. The van der Waals surface area contributed by atoms with Gasteiger partial charge >= 0.3 is 16.5 Å². The summed E-state index contributed by atoms with van der Waals surface area (Å²) in [6.07, 6.45) is 5.96. The molecule has 0 N–H and O–H groups in total. The van der Waals surface area contributed by atoms with E-state index in [1.165, 1.54) is 92.4 Å². The summed E-state index contributed by atoms with van der Waals surface area (Å²) >= 11 is 0. The SMILES string of the molecule is Cc1cc(C(C)(C)C)c2op(OCP3C(c4ccccc4)CC[C@H]3c3ccccc3)oc3c(C(C)(C)C)cc(C)cc3c2c1.Cc1cc(C(C)(C)C)c2op(OCP3[C@H](c4ccccc4)CC[C@H]3c3ccccc3)oc3c(C(C)(C)C)cc(C)cc3c2c1. The second-order valence-electron chi connectivity index (χ2n) is 29.0. The van der Waals surface area contributed by atoms with Gasteiger partial charge in [-0.25, -0.2) is 0 Å². The van der Waals surface area contributed by atoms with E-state index >= 15 is 0 Å². The average Bonchev–Trinajstić information content (AvgIpc) is 1.56. The van der Waals surface area contributed by atoms with Crippen molar-refractivity contribution in [3.05, 3.63) is 237 Å². The fourth-order valence-corrected chi connectivity index (χ4v) is 22.6. The molecule has 2 saturated heterocycles. The first-order valence-corrected chi connectivity index (χ1v) is 37.2. The molecule has 2 aliphatic heterocycles. The van der Waals surface area contributed by atoms with Crippen molar-refractivity contribution >= 4 is 76.2 Å². The summed E-state index contributed by atoms with van der Waals surface area (Å²) in [5.74, 6) is 0. The van der Waals surface area contributed by atoms with Gasteiger partial charge in [-0.1, -0.05) is 245 Å². The third-order valence-corrected chi connectivity index (χ3v) is 26.5. The number of hydrogen-bond acceptors (Lipinski definition) is 6. The van der Waals surface area contributed by atoms with Crippen molar-refractivity contribution in [3.8, 4) is 0 Å². The highest BCUT2D eigenvalue weighted by Gasteiger charge is 2.40. The fraction of sp³-hybridized carbons (Fsp3) is 0.385. The number of benzene rings is 8. The summed E-state index contributed by atoms with van der Waals surface area (Å²) in [4.78, 5) is 0. The Balaban J connectivity index is 0.000000182. The molecule has 10 heteroatoms. The van der Waals surface area contributed by atoms with Crippen LogP contribution in [0.25, 0.3) is 43.9 Å². The van der Waals surface area contributed by atoms with Gasteiger partial charge in [0.05, 0.1) is 12.7 Å². The molecular formula is C78H92O6P4. The summed E-state index contributed by atoms with van der Waals surface area (Å²) < 4.78 is 41.5. The van der Waals surface area contributed by atoms with Crippen LogP contribution in [0.1, 0.15) is 198 Å². The van der Waals surface area contributed by atoms with E-state index in [-0.39, 0.29) is 21.7 Å². The highest BCUT2D eigenvalue weighted by atomic mass is 31.1. The van der Waals surface area contributed by atoms with Crippen LogP contribution in [0.4, 0.5) is 0 Å². The van der Waals surface area contributed by atoms with Gasteiger partial charge in [0.25, 0.3) is 0 Å². The van der Waals surface area contributed by atoms with Crippen LogP contribution >= 0.6 is 32.3 Å². The second kappa shape index (κ2) is 25.9. The minimum atomic E-state index is -1.69. The third kappa shape index (κ3) is 14.0. The first-order valence-electron chi connectivity index (χ1n) is 31.7. The standard InChI is InChI=1S/2C39H46O3P2/c2*1-26-21-30-31-22-27(2)24-33(39(6,7)8)37(31)42-44(41-36(30)32(23-26)38(3,4)5)40-25-43-34(28-15-11-9-12-16-28)19-20-35(43)29-17-13-10-14-18-29/h2*9-18,21-24,34-35H,19-20,25H2,1-8H3/t34-,35?,43?;34-,35-/m00/s1. The van der Waals surface area contributed by atoms with Gasteiger partial charge in [0.15, 0.2) is 0 Å². The minimum Gasteiger partial charge on any atom is -0.399 e. The molecule has 0 radical (unpaired) electrons. The van der Waals surface area contributed by atoms with E-state index in [9.17, 15) is 0 Å². The summed E-state index contributed by atoms with van der Waals surface area (Å²) in [6.45, 7) is 35.8. The molecule has 2 fully saturated rings. The van der Waals surface area contributed by atoms with E-state index in [2.05, 4.69) is 281 Å². The molecule has 0 bridgehead atoms. The molecule has 2 aliphatic rings. The molecule has 4 heterocycles. The van der Waals surface area contributed by atoms with E-state index in [0.717, 1.165) is 43.9 Å². The van der Waals surface area contributed by atoms with Gasteiger partial charge in [-0.2, -0.15) is 0 Å². The maximum absolute atomic E-state index is 6.93. The first-order chi connectivity index (χ1) is 41.8. The molecule has 0 aliphatic carbocycles. The van der Waals surface area contributed by atoms with Crippen LogP contribution in [0, 0.1) is 27.7 Å². The summed E-state index contributed by atoms with van der Waals surface area (Å²) in [6, 6.07) is 62.2. The highest BCUT2D eigenvalue weighted by Crippen LogP contribution is 2.71. The zero-order valence-electron chi connectivity index (χ0n) is 55.0. The second-order valence-corrected chi connectivity index (χ2v) is 36.2. The molecule has 0 saturated carbocycles. The molecular weight excluding hydrogens is 1160 g/mol. The highest BCUT2D eigenvalue weighted by molar-refractivity contribution is 7.59. The predicted molar refractivity (Wildman–Crippen MR) is 378 cm³/mol. The van der Waals surface area contributed by atoms with Crippen molar-refractivity contribution in [1.82, 2.24) is 0 Å². The summed E-state index contributed by atoms with van der Waals surface area (Å²) in [5.41, 5.74) is 20.4. The quantitative estimate of drug-likeness (QED) is 0.127. The smallest absolute Gasteiger partial charge is 0.387 e. The fourth-order valence-electron chi connectivity index (χ4n) is 13.4. The summed E-state index contributed by atoms with van der Waals surface area (Å²) in [5, 5.41) is 4.40. The molecule has 2 unspecified atom stereocenters. The third-order valence-electron chi connectivity index (χ3n) is 17.8. The number of rotatable bonds is 10. The molecule has 12 rings (SSSR count). The molecule has 5 atom stereocenters. The Morgan fingerprint density at radius 3 is 0.716 bits per heavy atom. The van der Waals surface area contributed by atoms with Crippen LogP contribution in [0.3, 0.4) is 0 Å². The number of fused-ring (bicyclic) bond motifs is 6. The maximum atomic E-state index is 6.93. The van der Waals surface area contributed by atoms with Gasteiger partial charge in [-0.3, -0.25) is 9.05 Å². The van der Waals surface area contributed by atoms with Crippen molar-refractivity contribution in [2.45, 2.75) is 181 Å². The van der Waals surface area contributed by atoms with Crippen molar-refractivity contribution < 1.29 is 25.8 Å². The normalized spacial score (nSPS) is 18.5. The topological polar surface area (TPSA) is 71.0 Å². The van der Waals surface area contributed by atoms with E-state index in [1.807, 2.05) is 0 Å². The lowest BCUT2D eigenvalue weighted by Crippen LogP contribution is -2.12. The van der Waals surface area contributed by atoms with Gasteiger partial charge in [0, 0.05) is 66.4 Å². The van der Waals surface area contributed by atoms with Gasteiger partial charge in [-0.05, 0) is 144 Å². The molecule has 88 heavy (non-hydrogen) atoms. The lowest BCUT2D eigenvalue weighted by Gasteiger charge is -2.26. The van der Waals surface area contributed by atoms with Gasteiger partial charge in [0.1, 0.15) is 22.3 Å². The molecule has 460 valence electrons. The van der Waals surface area contributed by atoms with Crippen molar-refractivity contribution in [3.63, 3.8) is 0 Å². The van der Waals surface area contributed by atoms with Crippen LogP contribution in [-0.4, -0.2) is 12.7 Å². The van der Waals surface area contributed by atoms with E-state index < -0.39 is 32.3 Å². The Bertz CT molecular complexity index is 3640. The van der Waals surface area contributed by atoms with Crippen LogP contribution in [0.5, 0.6) is 0 Å². The van der Waals surface area contributed by atoms with Crippen LogP contribution in [0.2, 0.25) is 0 Å². The van der Waals surface area contributed by atoms with Crippen molar-refractivity contribution in [2.75, 3.05) is 12.7 Å². The average molecular weight is 1250 g/mol. The first kappa shape index (κ1) is 63.9. The molecule has 10 aromatic rings. The van der Waals surface area contributed by atoms with Crippen LogP contribution in [0.15, 0.2) is 187 Å². The van der Waals surface area contributed by atoms with Crippen LogP contribution in [-0.2, 0) is 21.7 Å². The predicted octanol–water partition coefficient (Wildman–Crippen LogP) is 25.3. The lowest BCUT2D eigenvalue weighted by atomic mass is 9.83. The largest absolute Gasteiger partial charge is 0.399 e. The van der Waals surface area contributed by atoms with E-state index in [4.69, 9.17) is 25.8 Å². The van der Waals surface area contributed by atoms with Gasteiger partial charge < -0.3 is 16.8 Å². The Hall–Kier alpha value is -5.66. The summed E-state index contributed by atoms with van der Waals surface area (Å²) in [7, 11) is -4.45. The Morgan fingerprint density at radius 1 is 0.318 bits per heavy atom. The Kier molecular flexibility index (Phi) is 18.8. The van der Waals surface area contributed by atoms with Crippen molar-refractivity contribution in [2.24, 2.45) is 0 Å². The number of hydrogen-bond donors (Lipinski definition) is 0. The zero-order chi connectivity index (χ0) is 62.5. The van der Waals surface area contributed by atoms with Crippen molar-refractivity contribution in [1.29, 1.82) is 0 Å². The lowest BCUT2D eigenvalue weighted by molar-refractivity contribution is 0.429. The Morgan fingerprint density at radius 2 is 0.523 bits per heavy atom. The van der Waals surface area contributed by atoms with E-state index in [0.29, 0.717) is 35.3 Å². The molecule has 2 aromatic heterocycles. The molecule has 8 aromatic carbocycles. The minimum absolute atomic E-state index is 0.107. The monoisotopic (exact) mass is 1250 g/mol. The maximum Gasteiger partial charge on any atom is 0.387 e. The Labute approximate surface area is 529 Å². The molecule has 6 nitrogen and oxygen atoms in total.